The Morgan fingerprint density at radius 2 is 2.20 bits per heavy atom. The molecule has 3 heteroatoms. The maximum Gasteiger partial charge on any atom is 0.108 e. The van der Waals surface area contributed by atoms with E-state index in [-0.39, 0.29) is 0 Å². The third kappa shape index (κ3) is 4.47. The first kappa shape index (κ1) is 12.2. The summed E-state index contributed by atoms with van der Waals surface area (Å²) in [5.41, 5.74) is 6.02. The molecule has 0 radical (unpaired) electrons. The fourth-order valence-electron chi connectivity index (χ4n) is 1.88. The molecular weight excluding hydrogens is 186 g/mol. The summed E-state index contributed by atoms with van der Waals surface area (Å²) < 4.78 is 2.08. The number of hydrogen-bond acceptors (Lipinski definition) is 2. The summed E-state index contributed by atoms with van der Waals surface area (Å²) in [6.45, 7) is 4.44. The third-order valence-corrected chi connectivity index (χ3v) is 2.67. The van der Waals surface area contributed by atoms with E-state index in [1.807, 2.05) is 19.4 Å². The smallest absolute Gasteiger partial charge is 0.108 e. The highest BCUT2D eigenvalue weighted by Crippen LogP contribution is 2.09. The van der Waals surface area contributed by atoms with Crippen molar-refractivity contribution in [2.75, 3.05) is 0 Å². The average Bonchev–Trinajstić information content (AvgIpc) is 2.50. The van der Waals surface area contributed by atoms with Crippen molar-refractivity contribution in [3.8, 4) is 0 Å². The van der Waals surface area contributed by atoms with E-state index < -0.39 is 0 Å². The normalized spacial score (nSPS) is 13.4. The van der Waals surface area contributed by atoms with E-state index in [9.17, 15) is 0 Å². The highest BCUT2D eigenvalue weighted by Gasteiger charge is 2.06. The summed E-state index contributed by atoms with van der Waals surface area (Å²) in [7, 11) is 2.04. The first-order chi connectivity index (χ1) is 7.09. The van der Waals surface area contributed by atoms with Crippen LogP contribution in [0.4, 0.5) is 0 Å². The van der Waals surface area contributed by atoms with E-state index in [0.29, 0.717) is 12.0 Å². The molecule has 3 nitrogen and oxygen atoms in total. The van der Waals surface area contributed by atoms with Gasteiger partial charge in [0.1, 0.15) is 5.82 Å². The number of hydrogen-bond donors (Lipinski definition) is 1. The maximum atomic E-state index is 6.02. The van der Waals surface area contributed by atoms with Crippen molar-refractivity contribution in [2.45, 2.75) is 45.6 Å². The lowest BCUT2D eigenvalue weighted by atomic mass is 10.00. The van der Waals surface area contributed by atoms with E-state index >= 15 is 0 Å². The topological polar surface area (TPSA) is 43.8 Å². The van der Waals surface area contributed by atoms with Gasteiger partial charge in [-0.1, -0.05) is 13.8 Å². The molecule has 0 aromatic carbocycles. The van der Waals surface area contributed by atoms with Crippen molar-refractivity contribution in [3.05, 3.63) is 18.2 Å². The lowest BCUT2D eigenvalue weighted by molar-refractivity contribution is 0.460. The molecule has 1 atom stereocenters. The van der Waals surface area contributed by atoms with E-state index in [1.54, 1.807) is 0 Å². The van der Waals surface area contributed by atoms with Crippen molar-refractivity contribution < 1.29 is 0 Å². The molecule has 0 aliphatic rings. The molecule has 0 spiro atoms. The first-order valence-corrected chi connectivity index (χ1v) is 5.81. The van der Waals surface area contributed by atoms with Gasteiger partial charge in [-0.15, -0.1) is 0 Å². The monoisotopic (exact) mass is 209 g/mol. The van der Waals surface area contributed by atoms with Crippen LogP contribution in [0.5, 0.6) is 0 Å². The Hall–Kier alpha value is -0.830. The molecule has 1 rings (SSSR count). The fraction of sp³-hybridized carbons (Fsp3) is 0.750. The lowest BCUT2D eigenvalue weighted by Crippen LogP contribution is -2.22. The molecule has 15 heavy (non-hydrogen) atoms. The second-order valence-corrected chi connectivity index (χ2v) is 4.74. The van der Waals surface area contributed by atoms with E-state index in [4.69, 9.17) is 5.73 Å². The summed E-state index contributed by atoms with van der Waals surface area (Å²) in [6.07, 6.45) is 8.24. The summed E-state index contributed by atoms with van der Waals surface area (Å²) in [4.78, 5) is 4.30. The second-order valence-electron chi connectivity index (χ2n) is 4.74. The zero-order valence-corrected chi connectivity index (χ0v) is 10.1. The number of aryl methyl sites for hydroxylation is 2. The quantitative estimate of drug-likeness (QED) is 0.780. The van der Waals surface area contributed by atoms with Crippen LogP contribution < -0.4 is 5.73 Å². The highest BCUT2D eigenvalue weighted by atomic mass is 15.0. The van der Waals surface area contributed by atoms with Crippen LogP contribution >= 0.6 is 0 Å². The first-order valence-electron chi connectivity index (χ1n) is 5.81. The molecule has 86 valence electrons. The van der Waals surface area contributed by atoms with Crippen LogP contribution in [-0.2, 0) is 13.5 Å². The van der Waals surface area contributed by atoms with Gasteiger partial charge < -0.3 is 10.3 Å². The third-order valence-electron chi connectivity index (χ3n) is 2.67. The van der Waals surface area contributed by atoms with Gasteiger partial charge in [-0.05, 0) is 25.2 Å². The summed E-state index contributed by atoms with van der Waals surface area (Å²) in [5.74, 6) is 1.86. The SMILES string of the molecule is CC(C)CC(N)CCCc1nccn1C. The zero-order chi connectivity index (χ0) is 11.3. The molecule has 1 unspecified atom stereocenters. The van der Waals surface area contributed by atoms with Gasteiger partial charge in [0, 0.05) is 31.9 Å². The van der Waals surface area contributed by atoms with Gasteiger partial charge in [-0.3, -0.25) is 0 Å². The Morgan fingerprint density at radius 1 is 1.47 bits per heavy atom. The van der Waals surface area contributed by atoms with Crippen molar-refractivity contribution in [3.63, 3.8) is 0 Å². The number of rotatable bonds is 6. The van der Waals surface area contributed by atoms with E-state index in [2.05, 4.69) is 23.4 Å². The molecule has 0 amide bonds. The van der Waals surface area contributed by atoms with Crippen LogP contribution in [0.3, 0.4) is 0 Å². The van der Waals surface area contributed by atoms with Gasteiger partial charge in [0.2, 0.25) is 0 Å². The van der Waals surface area contributed by atoms with Gasteiger partial charge in [0.15, 0.2) is 0 Å². The second kappa shape index (κ2) is 5.91. The van der Waals surface area contributed by atoms with Crippen molar-refractivity contribution in [1.82, 2.24) is 9.55 Å². The molecule has 0 aliphatic carbocycles. The van der Waals surface area contributed by atoms with Crippen molar-refractivity contribution in [2.24, 2.45) is 18.7 Å². The molecule has 0 saturated carbocycles. The fourth-order valence-corrected chi connectivity index (χ4v) is 1.88. The van der Waals surface area contributed by atoms with Crippen LogP contribution in [-0.4, -0.2) is 15.6 Å². The molecule has 1 aromatic heterocycles. The van der Waals surface area contributed by atoms with Gasteiger partial charge >= 0.3 is 0 Å². The van der Waals surface area contributed by atoms with Crippen LogP contribution in [0, 0.1) is 5.92 Å². The number of nitrogens with two attached hydrogens (primary N) is 1. The molecule has 0 saturated heterocycles. The summed E-state index contributed by atoms with van der Waals surface area (Å²) in [6, 6.07) is 0.352. The molecule has 0 bridgehead atoms. The Labute approximate surface area is 92.7 Å². The zero-order valence-electron chi connectivity index (χ0n) is 10.1. The minimum Gasteiger partial charge on any atom is -0.338 e. The number of aromatic nitrogens is 2. The number of nitrogens with zero attached hydrogens (tertiary/aromatic N) is 2. The Bertz CT molecular complexity index is 278. The Morgan fingerprint density at radius 3 is 2.73 bits per heavy atom. The maximum absolute atomic E-state index is 6.02. The van der Waals surface area contributed by atoms with Gasteiger partial charge in [-0.25, -0.2) is 4.98 Å². The van der Waals surface area contributed by atoms with Crippen LogP contribution in [0.1, 0.15) is 38.9 Å². The Kier molecular flexibility index (Phi) is 4.82. The molecule has 1 heterocycles. The van der Waals surface area contributed by atoms with Crippen LogP contribution in [0.2, 0.25) is 0 Å². The van der Waals surface area contributed by atoms with Gasteiger partial charge in [-0.2, -0.15) is 0 Å². The standard InChI is InChI=1S/C12H23N3/c1-10(2)9-11(13)5-4-6-12-14-7-8-15(12)3/h7-8,10-11H,4-6,9,13H2,1-3H3. The molecule has 0 fully saturated rings. The molecule has 2 N–H and O–H groups in total. The van der Waals surface area contributed by atoms with Crippen LogP contribution in [0.25, 0.3) is 0 Å². The predicted molar refractivity (Wildman–Crippen MR) is 63.6 cm³/mol. The molecular formula is C12H23N3. The van der Waals surface area contributed by atoms with E-state index in [1.165, 1.54) is 0 Å². The Balaban J connectivity index is 2.19. The average molecular weight is 209 g/mol. The van der Waals surface area contributed by atoms with E-state index in [0.717, 1.165) is 31.5 Å². The minimum atomic E-state index is 0.352. The van der Waals surface area contributed by atoms with Crippen LogP contribution in [0.15, 0.2) is 12.4 Å². The summed E-state index contributed by atoms with van der Waals surface area (Å²) in [5, 5.41) is 0. The molecule has 0 aliphatic heterocycles. The predicted octanol–water partition coefficient (Wildman–Crippen LogP) is 2.12. The largest absolute Gasteiger partial charge is 0.338 e. The summed E-state index contributed by atoms with van der Waals surface area (Å²) >= 11 is 0. The number of imidazole rings is 1. The highest BCUT2D eigenvalue weighted by molar-refractivity contribution is 4.91. The molecule has 1 aromatic rings. The van der Waals surface area contributed by atoms with Crippen molar-refractivity contribution >= 4 is 0 Å². The van der Waals surface area contributed by atoms with Gasteiger partial charge in [0.05, 0.1) is 0 Å². The lowest BCUT2D eigenvalue weighted by Gasteiger charge is -2.13. The van der Waals surface area contributed by atoms with Crippen molar-refractivity contribution in [1.29, 1.82) is 0 Å². The van der Waals surface area contributed by atoms with Gasteiger partial charge in [0.25, 0.3) is 0 Å². The minimum absolute atomic E-state index is 0.352.